The quantitative estimate of drug-likeness (QED) is 0.476. The molecular formula is C6H12N2O2. The van der Waals surface area contributed by atoms with Gasteiger partial charge in [-0.3, -0.25) is 10.2 Å². The van der Waals surface area contributed by atoms with E-state index in [0.717, 1.165) is 25.8 Å². The van der Waals surface area contributed by atoms with Gasteiger partial charge in [0.15, 0.2) is 6.29 Å². The summed E-state index contributed by atoms with van der Waals surface area (Å²) in [6.07, 6.45) is 1.53. The SMILES string of the molecule is O=CC1NCCCN1CO. The first-order valence-corrected chi connectivity index (χ1v) is 3.42. The summed E-state index contributed by atoms with van der Waals surface area (Å²) in [6.45, 7) is 1.61. The highest BCUT2D eigenvalue weighted by Crippen LogP contribution is 1.99. The van der Waals surface area contributed by atoms with Crippen molar-refractivity contribution in [3.63, 3.8) is 0 Å². The molecule has 0 aliphatic carbocycles. The Kier molecular flexibility index (Phi) is 2.80. The number of carbonyl (C=O) groups is 1. The zero-order valence-corrected chi connectivity index (χ0v) is 5.79. The van der Waals surface area contributed by atoms with Crippen molar-refractivity contribution in [1.29, 1.82) is 0 Å². The molecule has 1 aliphatic rings. The molecule has 0 bridgehead atoms. The molecule has 1 aliphatic heterocycles. The van der Waals surface area contributed by atoms with Crippen LogP contribution in [0.1, 0.15) is 6.42 Å². The number of aliphatic hydroxyl groups is 1. The van der Waals surface area contributed by atoms with E-state index in [0.29, 0.717) is 0 Å². The standard InChI is InChI=1S/C6H12N2O2/c9-4-6-7-2-1-3-8(6)5-10/h4,6-7,10H,1-3,5H2. The minimum atomic E-state index is -0.279. The van der Waals surface area contributed by atoms with Gasteiger partial charge in [-0.15, -0.1) is 0 Å². The van der Waals surface area contributed by atoms with Gasteiger partial charge in [-0.25, -0.2) is 0 Å². The van der Waals surface area contributed by atoms with Crippen molar-refractivity contribution in [1.82, 2.24) is 10.2 Å². The Morgan fingerprint density at radius 3 is 3.10 bits per heavy atom. The third-order valence-corrected chi connectivity index (χ3v) is 1.68. The van der Waals surface area contributed by atoms with E-state index in [1.165, 1.54) is 0 Å². The highest BCUT2D eigenvalue weighted by Gasteiger charge is 2.19. The zero-order chi connectivity index (χ0) is 7.40. The van der Waals surface area contributed by atoms with Crippen LogP contribution in [0.3, 0.4) is 0 Å². The smallest absolute Gasteiger partial charge is 0.151 e. The fourth-order valence-corrected chi connectivity index (χ4v) is 1.09. The number of hydrogen-bond donors (Lipinski definition) is 2. The summed E-state index contributed by atoms with van der Waals surface area (Å²) in [5.74, 6) is 0. The Bertz CT molecular complexity index is 118. The molecule has 0 saturated carbocycles. The normalized spacial score (nSPS) is 28.3. The fraction of sp³-hybridized carbons (Fsp3) is 0.833. The first-order valence-electron chi connectivity index (χ1n) is 3.42. The molecule has 2 N–H and O–H groups in total. The van der Waals surface area contributed by atoms with Crippen molar-refractivity contribution in [3.8, 4) is 0 Å². The van der Waals surface area contributed by atoms with Gasteiger partial charge in [0, 0.05) is 6.54 Å². The average Bonchev–Trinajstić information content (AvgIpc) is 2.04. The highest BCUT2D eigenvalue weighted by molar-refractivity contribution is 5.56. The summed E-state index contributed by atoms with van der Waals surface area (Å²) in [6, 6.07) is 0. The number of rotatable bonds is 2. The van der Waals surface area contributed by atoms with Gasteiger partial charge in [0.2, 0.25) is 0 Å². The van der Waals surface area contributed by atoms with Crippen LogP contribution in [0, 0.1) is 0 Å². The van der Waals surface area contributed by atoms with Crippen LogP contribution >= 0.6 is 0 Å². The molecular weight excluding hydrogens is 132 g/mol. The number of nitrogens with one attached hydrogen (secondary N) is 1. The van der Waals surface area contributed by atoms with Gasteiger partial charge in [0.25, 0.3) is 0 Å². The van der Waals surface area contributed by atoms with E-state index in [4.69, 9.17) is 5.11 Å². The van der Waals surface area contributed by atoms with E-state index in [9.17, 15) is 4.79 Å². The molecule has 0 radical (unpaired) electrons. The molecule has 4 heteroatoms. The van der Waals surface area contributed by atoms with Crippen LogP contribution in [0.2, 0.25) is 0 Å². The molecule has 0 aromatic rings. The van der Waals surface area contributed by atoms with Crippen molar-refractivity contribution >= 4 is 6.29 Å². The topological polar surface area (TPSA) is 52.6 Å². The fourth-order valence-electron chi connectivity index (χ4n) is 1.09. The van der Waals surface area contributed by atoms with Gasteiger partial charge < -0.3 is 9.90 Å². The lowest BCUT2D eigenvalue weighted by molar-refractivity contribution is -0.116. The van der Waals surface area contributed by atoms with Crippen molar-refractivity contribution in [2.24, 2.45) is 0 Å². The Labute approximate surface area is 59.8 Å². The summed E-state index contributed by atoms with van der Waals surface area (Å²) in [7, 11) is 0. The minimum Gasteiger partial charge on any atom is -0.381 e. The molecule has 1 saturated heterocycles. The molecule has 1 rings (SSSR count). The van der Waals surface area contributed by atoms with Crippen LogP contribution in [-0.4, -0.2) is 42.3 Å². The van der Waals surface area contributed by atoms with Gasteiger partial charge >= 0.3 is 0 Å². The van der Waals surface area contributed by atoms with Crippen LogP contribution < -0.4 is 5.32 Å². The highest BCUT2D eigenvalue weighted by atomic mass is 16.3. The summed E-state index contributed by atoms with van der Waals surface area (Å²) in [5.41, 5.74) is 0. The lowest BCUT2D eigenvalue weighted by atomic mass is 10.3. The van der Waals surface area contributed by atoms with Gasteiger partial charge in [-0.05, 0) is 13.0 Å². The van der Waals surface area contributed by atoms with E-state index in [1.54, 1.807) is 4.90 Å². The molecule has 0 spiro atoms. The second-order valence-corrected chi connectivity index (χ2v) is 2.34. The van der Waals surface area contributed by atoms with Crippen LogP contribution in [0.15, 0.2) is 0 Å². The maximum atomic E-state index is 10.3. The van der Waals surface area contributed by atoms with Gasteiger partial charge in [0.1, 0.15) is 6.17 Å². The number of hydrogen-bond acceptors (Lipinski definition) is 4. The third kappa shape index (κ3) is 1.53. The molecule has 4 nitrogen and oxygen atoms in total. The Balaban J connectivity index is 2.41. The van der Waals surface area contributed by atoms with Gasteiger partial charge in [0.05, 0.1) is 6.73 Å². The van der Waals surface area contributed by atoms with E-state index >= 15 is 0 Å². The molecule has 1 fully saturated rings. The summed E-state index contributed by atoms with van der Waals surface area (Å²) < 4.78 is 0. The molecule has 0 aromatic carbocycles. The van der Waals surface area contributed by atoms with Gasteiger partial charge in [-0.2, -0.15) is 0 Å². The molecule has 10 heavy (non-hydrogen) atoms. The molecule has 0 aromatic heterocycles. The van der Waals surface area contributed by atoms with Crippen molar-refractivity contribution < 1.29 is 9.90 Å². The largest absolute Gasteiger partial charge is 0.381 e. The average molecular weight is 144 g/mol. The van der Waals surface area contributed by atoms with E-state index in [-0.39, 0.29) is 12.9 Å². The molecule has 1 atom stereocenters. The summed E-state index contributed by atoms with van der Waals surface area (Å²) in [4.78, 5) is 12.0. The van der Waals surface area contributed by atoms with Crippen molar-refractivity contribution in [2.45, 2.75) is 12.6 Å². The van der Waals surface area contributed by atoms with Crippen molar-refractivity contribution in [2.75, 3.05) is 19.8 Å². The molecule has 58 valence electrons. The van der Waals surface area contributed by atoms with Crippen molar-refractivity contribution in [3.05, 3.63) is 0 Å². The number of aliphatic hydroxyl groups excluding tert-OH is 1. The first kappa shape index (κ1) is 7.65. The van der Waals surface area contributed by atoms with Crippen LogP contribution in [0.4, 0.5) is 0 Å². The van der Waals surface area contributed by atoms with E-state index in [1.807, 2.05) is 0 Å². The first-order chi connectivity index (χ1) is 4.88. The minimum absolute atomic E-state index is 0.0452. The molecule has 1 unspecified atom stereocenters. The third-order valence-electron chi connectivity index (χ3n) is 1.68. The second kappa shape index (κ2) is 3.65. The predicted octanol–water partition coefficient (Wildman–Crippen LogP) is -1.24. The Hall–Kier alpha value is -0.450. The van der Waals surface area contributed by atoms with E-state index < -0.39 is 0 Å². The number of carbonyl (C=O) groups excluding carboxylic acids is 1. The molecule has 0 amide bonds. The lowest BCUT2D eigenvalue weighted by Gasteiger charge is -2.30. The van der Waals surface area contributed by atoms with Gasteiger partial charge in [-0.1, -0.05) is 0 Å². The Morgan fingerprint density at radius 2 is 2.60 bits per heavy atom. The van der Waals surface area contributed by atoms with E-state index in [2.05, 4.69) is 5.32 Å². The Morgan fingerprint density at radius 1 is 1.80 bits per heavy atom. The molecule has 1 heterocycles. The zero-order valence-electron chi connectivity index (χ0n) is 5.79. The van der Waals surface area contributed by atoms with Crippen LogP contribution in [0.5, 0.6) is 0 Å². The maximum absolute atomic E-state index is 10.3. The maximum Gasteiger partial charge on any atom is 0.151 e. The summed E-state index contributed by atoms with van der Waals surface area (Å²) in [5, 5.41) is 11.7. The van der Waals surface area contributed by atoms with Crippen LogP contribution in [0.25, 0.3) is 0 Å². The summed E-state index contributed by atoms with van der Waals surface area (Å²) >= 11 is 0. The predicted molar refractivity (Wildman–Crippen MR) is 36.3 cm³/mol. The van der Waals surface area contributed by atoms with Crippen LogP contribution in [-0.2, 0) is 4.79 Å². The number of aldehydes is 1. The monoisotopic (exact) mass is 144 g/mol. The number of nitrogens with zero attached hydrogens (tertiary/aromatic N) is 1. The second-order valence-electron chi connectivity index (χ2n) is 2.34. The lowest BCUT2D eigenvalue weighted by Crippen LogP contribution is -2.52.